The highest BCUT2D eigenvalue weighted by molar-refractivity contribution is 5.95. The molecule has 0 bridgehead atoms. The summed E-state index contributed by atoms with van der Waals surface area (Å²) >= 11 is 0. The molecule has 1 aromatic carbocycles. The molecule has 0 heterocycles. The lowest BCUT2D eigenvalue weighted by molar-refractivity contribution is -0.125. The van der Waals surface area contributed by atoms with Crippen LogP contribution in [0.25, 0.3) is 0 Å². The van der Waals surface area contributed by atoms with Crippen LogP contribution in [-0.2, 0) is 16.0 Å². The lowest BCUT2D eigenvalue weighted by atomic mass is 10.1. The van der Waals surface area contributed by atoms with E-state index in [1.165, 1.54) is 0 Å². The summed E-state index contributed by atoms with van der Waals surface area (Å²) in [5.74, 6) is -0.484. The van der Waals surface area contributed by atoms with Gasteiger partial charge in [0.05, 0.1) is 0 Å². The number of nitrogens with one attached hydrogen (secondary N) is 2. The SMILES string of the molecule is O=C(CCc1ccccc1O)NCC1=CC=C(C(=O)NO)C=CC1. The molecule has 0 atom stereocenters. The zero-order chi connectivity index (χ0) is 17.4. The Morgan fingerprint density at radius 1 is 1.17 bits per heavy atom. The van der Waals surface area contributed by atoms with Gasteiger partial charge in [0.25, 0.3) is 5.91 Å². The molecule has 24 heavy (non-hydrogen) atoms. The van der Waals surface area contributed by atoms with Crippen LogP contribution in [0.4, 0.5) is 0 Å². The number of carbonyl (C=O) groups excluding carboxylic acids is 2. The average Bonchev–Trinajstić information content (AvgIpc) is 2.84. The van der Waals surface area contributed by atoms with E-state index in [9.17, 15) is 14.7 Å². The van der Waals surface area contributed by atoms with Gasteiger partial charge in [0.1, 0.15) is 5.75 Å². The molecule has 0 aliphatic heterocycles. The number of aryl methyl sites for hydroxylation is 1. The van der Waals surface area contributed by atoms with E-state index in [0.29, 0.717) is 25.0 Å². The maximum Gasteiger partial charge on any atom is 0.274 e. The van der Waals surface area contributed by atoms with Gasteiger partial charge in [-0.05, 0) is 36.1 Å². The van der Waals surface area contributed by atoms with Gasteiger partial charge in [-0.25, -0.2) is 5.48 Å². The third kappa shape index (κ3) is 5.10. The summed E-state index contributed by atoms with van der Waals surface area (Å²) in [4.78, 5) is 23.3. The number of rotatable bonds is 6. The van der Waals surface area contributed by atoms with Crippen LogP contribution in [-0.4, -0.2) is 28.7 Å². The Bertz CT molecular complexity index is 705. The molecule has 0 unspecified atom stereocenters. The van der Waals surface area contributed by atoms with E-state index in [2.05, 4.69) is 5.32 Å². The molecule has 1 aromatic rings. The van der Waals surface area contributed by atoms with Crippen molar-refractivity contribution in [1.82, 2.24) is 10.8 Å². The molecule has 0 aromatic heterocycles. The Morgan fingerprint density at radius 2 is 1.96 bits per heavy atom. The zero-order valence-electron chi connectivity index (χ0n) is 13.2. The third-order valence-corrected chi connectivity index (χ3v) is 3.67. The lowest BCUT2D eigenvalue weighted by Crippen LogP contribution is -2.25. The Balaban J connectivity index is 1.82. The molecule has 4 N–H and O–H groups in total. The fourth-order valence-corrected chi connectivity index (χ4v) is 2.29. The largest absolute Gasteiger partial charge is 0.508 e. The fourth-order valence-electron chi connectivity index (χ4n) is 2.29. The quantitative estimate of drug-likeness (QED) is 0.472. The molecule has 2 rings (SSSR count). The molecule has 0 fully saturated rings. The molecule has 0 spiro atoms. The van der Waals surface area contributed by atoms with Gasteiger partial charge in [0.2, 0.25) is 5.91 Å². The van der Waals surface area contributed by atoms with Gasteiger partial charge >= 0.3 is 0 Å². The van der Waals surface area contributed by atoms with Crippen molar-refractivity contribution in [3.63, 3.8) is 0 Å². The third-order valence-electron chi connectivity index (χ3n) is 3.67. The van der Waals surface area contributed by atoms with Gasteiger partial charge in [-0.2, -0.15) is 0 Å². The second-order valence-electron chi connectivity index (χ2n) is 5.40. The number of hydrogen-bond donors (Lipinski definition) is 4. The monoisotopic (exact) mass is 328 g/mol. The average molecular weight is 328 g/mol. The minimum absolute atomic E-state index is 0.107. The molecule has 1 aliphatic rings. The topological polar surface area (TPSA) is 98.7 Å². The molecule has 6 nitrogen and oxygen atoms in total. The first kappa shape index (κ1) is 17.5. The number of carbonyl (C=O) groups is 2. The number of phenolic OH excluding ortho intramolecular Hbond substituents is 1. The summed E-state index contributed by atoms with van der Waals surface area (Å²) in [6.45, 7) is 0.383. The van der Waals surface area contributed by atoms with Crippen molar-refractivity contribution in [2.24, 2.45) is 0 Å². The number of hydroxylamine groups is 1. The fraction of sp³-hybridized carbons (Fsp3) is 0.222. The van der Waals surface area contributed by atoms with E-state index >= 15 is 0 Å². The first-order valence-corrected chi connectivity index (χ1v) is 7.64. The zero-order valence-corrected chi connectivity index (χ0v) is 13.2. The van der Waals surface area contributed by atoms with Crippen molar-refractivity contribution in [3.8, 4) is 5.75 Å². The van der Waals surface area contributed by atoms with Crippen LogP contribution >= 0.6 is 0 Å². The van der Waals surface area contributed by atoms with E-state index in [1.54, 1.807) is 48.0 Å². The molecule has 0 saturated carbocycles. The highest BCUT2D eigenvalue weighted by Gasteiger charge is 2.08. The van der Waals surface area contributed by atoms with Gasteiger partial charge in [0.15, 0.2) is 0 Å². The van der Waals surface area contributed by atoms with Crippen molar-refractivity contribution >= 4 is 11.8 Å². The minimum atomic E-state index is -0.574. The van der Waals surface area contributed by atoms with Crippen LogP contribution in [0.3, 0.4) is 0 Å². The molecule has 0 saturated heterocycles. The number of hydrogen-bond acceptors (Lipinski definition) is 4. The van der Waals surface area contributed by atoms with Crippen molar-refractivity contribution in [1.29, 1.82) is 0 Å². The van der Waals surface area contributed by atoms with Gasteiger partial charge in [-0.15, -0.1) is 0 Å². The summed E-state index contributed by atoms with van der Waals surface area (Å²) < 4.78 is 0. The first-order valence-electron chi connectivity index (χ1n) is 7.64. The van der Waals surface area contributed by atoms with Crippen molar-refractivity contribution in [2.75, 3.05) is 6.54 Å². The Hall–Kier alpha value is -2.86. The van der Waals surface area contributed by atoms with E-state index in [-0.39, 0.29) is 18.1 Å². The normalized spacial score (nSPS) is 13.5. The summed E-state index contributed by atoms with van der Waals surface area (Å²) in [5.41, 5.74) is 3.62. The summed E-state index contributed by atoms with van der Waals surface area (Å²) in [6.07, 6.45) is 8.14. The Labute approximate surface area is 140 Å². The predicted molar refractivity (Wildman–Crippen MR) is 89.3 cm³/mol. The highest BCUT2D eigenvalue weighted by Crippen LogP contribution is 2.17. The number of allylic oxidation sites excluding steroid dienone is 3. The van der Waals surface area contributed by atoms with Crippen LogP contribution in [0.15, 0.2) is 59.7 Å². The van der Waals surface area contributed by atoms with Crippen LogP contribution in [0.1, 0.15) is 18.4 Å². The second kappa shape index (κ2) is 8.69. The molecular weight excluding hydrogens is 308 g/mol. The molecule has 0 radical (unpaired) electrons. The standard InChI is InChI=1S/C18H20N2O4/c21-16-7-2-1-5-14(16)10-11-17(22)19-12-13-4-3-6-15(9-8-13)18(23)20-24/h1-3,5-9,21,24H,4,10-12H2,(H,19,22)(H,20,23). The van der Waals surface area contributed by atoms with Crippen molar-refractivity contribution in [2.45, 2.75) is 19.3 Å². The molecule has 126 valence electrons. The minimum Gasteiger partial charge on any atom is -0.508 e. The van der Waals surface area contributed by atoms with Crippen LogP contribution < -0.4 is 10.8 Å². The molecule has 6 heteroatoms. The smallest absolute Gasteiger partial charge is 0.274 e. The van der Waals surface area contributed by atoms with Gasteiger partial charge < -0.3 is 10.4 Å². The van der Waals surface area contributed by atoms with E-state index < -0.39 is 5.91 Å². The van der Waals surface area contributed by atoms with E-state index in [1.807, 2.05) is 6.07 Å². The number of para-hydroxylation sites is 1. The number of phenols is 1. The van der Waals surface area contributed by atoms with Crippen molar-refractivity contribution in [3.05, 3.63) is 65.3 Å². The van der Waals surface area contributed by atoms with E-state index in [4.69, 9.17) is 5.21 Å². The van der Waals surface area contributed by atoms with Crippen LogP contribution in [0, 0.1) is 0 Å². The highest BCUT2D eigenvalue weighted by atomic mass is 16.5. The van der Waals surface area contributed by atoms with Gasteiger partial charge in [-0.1, -0.05) is 36.4 Å². The Kier molecular flexibility index (Phi) is 6.33. The maximum atomic E-state index is 11.9. The summed E-state index contributed by atoms with van der Waals surface area (Å²) in [7, 11) is 0. The maximum absolute atomic E-state index is 11.9. The van der Waals surface area contributed by atoms with Crippen LogP contribution in [0.2, 0.25) is 0 Å². The van der Waals surface area contributed by atoms with Crippen LogP contribution in [0.5, 0.6) is 5.75 Å². The second-order valence-corrected chi connectivity index (χ2v) is 5.40. The molecular formula is C18H20N2O4. The van der Waals surface area contributed by atoms with Gasteiger partial charge in [0, 0.05) is 18.5 Å². The number of amides is 2. The summed E-state index contributed by atoms with van der Waals surface area (Å²) in [5, 5.41) is 21.1. The van der Waals surface area contributed by atoms with E-state index in [0.717, 1.165) is 11.1 Å². The number of aromatic hydroxyl groups is 1. The first-order chi connectivity index (χ1) is 11.6. The number of benzene rings is 1. The summed E-state index contributed by atoms with van der Waals surface area (Å²) in [6, 6.07) is 6.95. The molecule has 1 aliphatic carbocycles. The predicted octanol–water partition coefficient (Wildman–Crippen LogP) is 1.76. The lowest BCUT2D eigenvalue weighted by Gasteiger charge is -2.08. The Morgan fingerprint density at radius 3 is 2.71 bits per heavy atom. The van der Waals surface area contributed by atoms with Crippen molar-refractivity contribution < 1.29 is 19.9 Å². The molecule has 2 amide bonds. The van der Waals surface area contributed by atoms with Gasteiger partial charge in [-0.3, -0.25) is 14.8 Å².